The van der Waals surface area contributed by atoms with E-state index in [1.807, 2.05) is 62.8 Å². The molecule has 1 saturated carbocycles. The molecule has 1 aliphatic carbocycles. The number of aromatic amines is 1. The largest absolute Gasteiger partial charge is 0.353 e. The molecule has 9 heteroatoms. The molecular formula is C34H38N8O. The highest BCUT2D eigenvalue weighted by atomic mass is 16.1. The first-order chi connectivity index (χ1) is 21.0. The van der Waals surface area contributed by atoms with Crippen molar-refractivity contribution in [2.75, 3.05) is 13.1 Å². The second kappa shape index (κ2) is 12.0. The van der Waals surface area contributed by atoms with E-state index in [0.717, 1.165) is 65.9 Å². The molecule has 1 N–H and O–H groups in total. The van der Waals surface area contributed by atoms with Gasteiger partial charge in [0.05, 0.1) is 11.6 Å². The molecule has 0 amide bonds. The number of rotatable bonds is 6. The van der Waals surface area contributed by atoms with Crippen LogP contribution in [0.2, 0.25) is 0 Å². The topological polar surface area (TPSA) is 108 Å². The number of nitrogens with one attached hydrogen (secondary N) is 1. The summed E-state index contributed by atoms with van der Waals surface area (Å²) >= 11 is 0. The minimum atomic E-state index is -0.0910. The molecule has 220 valence electrons. The SMILES string of the molecule is CC.Cc1cc(-c2ccc(C#N)cc2-c2nncn2C)cc(-n2cc(C3CC3)c3cc(CN4CCCCC4)[nH]c3c2=O)n1. The Bertz CT molecular complexity index is 1880. The van der Waals surface area contributed by atoms with Gasteiger partial charge >= 0.3 is 0 Å². The number of hydrogen-bond acceptors (Lipinski definition) is 6. The van der Waals surface area contributed by atoms with E-state index in [-0.39, 0.29) is 5.56 Å². The van der Waals surface area contributed by atoms with Gasteiger partial charge in [-0.25, -0.2) is 4.98 Å². The number of hydrogen-bond donors (Lipinski definition) is 1. The number of aromatic nitrogens is 6. The van der Waals surface area contributed by atoms with E-state index in [4.69, 9.17) is 4.98 Å². The lowest BCUT2D eigenvalue weighted by Crippen LogP contribution is -2.29. The van der Waals surface area contributed by atoms with Crippen molar-refractivity contribution in [3.8, 4) is 34.4 Å². The maximum atomic E-state index is 14.0. The van der Waals surface area contributed by atoms with E-state index in [0.29, 0.717) is 28.6 Å². The summed E-state index contributed by atoms with van der Waals surface area (Å²) in [6.45, 7) is 9.00. The van der Waals surface area contributed by atoms with Gasteiger partial charge in [0.25, 0.3) is 5.56 Å². The molecule has 5 heterocycles. The fourth-order valence-electron chi connectivity index (χ4n) is 6.14. The zero-order chi connectivity index (χ0) is 30.1. The Kier molecular flexibility index (Phi) is 7.96. The molecule has 5 aromatic rings. The molecule has 0 radical (unpaired) electrons. The molecule has 7 rings (SSSR count). The highest BCUT2D eigenvalue weighted by molar-refractivity contribution is 5.85. The summed E-state index contributed by atoms with van der Waals surface area (Å²) in [5.74, 6) is 1.71. The van der Waals surface area contributed by atoms with E-state index < -0.39 is 0 Å². The van der Waals surface area contributed by atoms with Crippen molar-refractivity contribution >= 4 is 10.9 Å². The fraction of sp³-hybridized carbons (Fsp3) is 0.382. The van der Waals surface area contributed by atoms with E-state index in [1.165, 1.54) is 24.8 Å². The van der Waals surface area contributed by atoms with Crippen molar-refractivity contribution in [1.82, 2.24) is 34.2 Å². The minimum absolute atomic E-state index is 0.0910. The number of H-pyrrole nitrogens is 1. The van der Waals surface area contributed by atoms with Crippen LogP contribution in [0.5, 0.6) is 0 Å². The van der Waals surface area contributed by atoms with Gasteiger partial charge in [-0.2, -0.15) is 5.26 Å². The molecular weight excluding hydrogens is 536 g/mol. The summed E-state index contributed by atoms with van der Waals surface area (Å²) in [7, 11) is 1.88. The first kappa shape index (κ1) is 28.6. The van der Waals surface area contributed by atoms with Crippen molar-refractivity contribution < 1.29 is 0 Å². The van der Waals surface area contributed by atoms with Crippen LogP contribution in [0.15, 0.2) is 53.7 Å². The van der Waals surface area contributed by atoms with Gasteiger partial charge in [-0.15, -0.1) is 10.2 Å². The van der Waals surface area contributed by atoms with Gasteiger partial charge in [0.1, 0.15) is 17.7 Å². The highest BCUT2D eigenvalue weighted by Crippen LogP contribution is 2.43. The van der Waals surface area contributed by atoms with E-state index in [9.17, 15) is 10.1 Å². The van der Waals surface area contributed by atoms with Crippen LogP contribution < -0.4 is 5.56 Å². The quantitative estimate of drug-likeness (QED) is 0.257. The third kappa shape index (κ3) is 5.63. The van der Waals surface area contributed by atoms with Crippen molar-refractivity contribution in [3.63, 3.8) is 0 Å². The van der Waals surface area contributed by atoms with Crippen LogP contribution in [0.25, 0.3) is 39.2 Å². The number of likely N-dealkylation sites (tertiary alicyclic amines) is 1. The van der Waals surface area contributed by atoms with Crippen molar-refractivity contribution in [2.45, 2.75) is 65.3 Å². The van der Waals surface area contributed by atoms with E-state index in [1.54, 1.807) is 17.0 Å². The fourth-order valence-corrected chi connectivity index (χ4v) is 6.14. The van der Waals surface area contributed by atoms with Gasteiger partial charge in [0.2, 0.25) is 0 Å². The van der Waals surface area contributed by atoms with Crippen LogP contribution in [-0.4, -0.2) is 47.3 Å². The standard InChI is InChI=1S/C32H32N8O.C2H6/c1-20-12-23(25-9-6-21(16-33)13-27(25)31-37-34-19-38(31)2)14-29(35-20)40-18-28(22-7-8-22)26-15-24(36-30(26)32(40)41)17-39-10-4-3-5-11-39;1-2/h6,9,12-15,18-19,22,36H,3-5,7-8,10-11,17H2,1-2H3;1-2H3. The van der Waals surface area contributed by atoms with Gasteiger partial charge in [-0.3, -0.25) is 14.3 Å². The predicted octanol–water partition coefficient (Wildman–Crippen LogP) is 6.25. The zero-order valence-electron chi connectivity index (χ0n) is 25.4. The molecule has 1 aromatic carbocycles. The second-order valence-electron chi connectivity index (χ2n) is 11.4. The number of benzene rings is 1. The molecule has 0 bridgehead atoms. The Morgan fingerprint density at radius 1 is 1.05 bits per heavy atom. The summed E-state index contributed by atoms with van der Waals surface area (Å²) in [6.07, 6.45) is 9.70. The molecule has 43 heavy (non-hydrogen) atoms. The molecule has 2 fully saturated rings. The molecule has 1 aliphatic heterocycles. The van der Waals surface area contributed by atoms with Crippen LogP contribution >= 0.6 is 0 Å². The highest BCUT2D eigenvalue weighted by Gasteiger charge is 2.28. The Labute approximate surface area is 251 Å². The maximum Gasteiger partial charge on any atom is 0.280 e. The zero-order valence-corrected chi connectivity index (χ0v) is 25.4. The van der Waals surface area contributed by atoms with Crippen LogP contribution in [0, 0.1) is 18.3 Å². The molecule has 9 nitrogen and oxygen atoms in total. The number of nitriles is 1. The molecule has 0 spiro atoms. The third-order valence-corrected chi connectivity index (χ3v) is 8.34. The Balaban J connectivity index is 0.00000161. The molecule has 0 atom stereocenters. The summed E-state index contributed by atoms with van der Waals surface area (Å²) < 4.78 is 3.54. The first-order valence-electron chi connectivity index (χ1n) is 15.4. The van der Waals surface area contributed by atoms with Crippen LogP contribution in [0.3, 0.4) is 0 Å². The van der Waals surface area contributed by atoms with Gasteiger partial charge < -0.3 is 9.55 Å². The predicted molar refractivity (Wildman–Crippen MR) is 169 cm³/mol. The van der Waals surface area contributed by atoms with Gasteiger partial charge in [0.15, 0.2) is 5.82 Å². The number of aryl methyl sites for hydroxylation is 2. The normalized spacial score (nSPS) is 15.2. The Morgan fingerprint density at radius 2 is 1.84 bits per heavy atom. The van der Waals surface area contributed by atoms with Crippen molar-refractivity contribution in [2.24, 2.45) is 7.05 Å². The number of fused-ring (bicyclic) bond motifs is 1. The number of nitrogens with zero attached hydrogens (tertiary/aromatic N) is 7. The van der Waals surface area contributed by atoms with Gasteiger partial charge in [0, 0.05) is 42.1 Å². The third-order valence-electron chi connectivity index (χ3n) is 8.34. The smallest absolute Gasteiger partial charge is 0.280 e. The minimum Gasteiger partial charge on any atom is -0.353 e. The molecule has 0 unspecified atom stereocenters. The van der Waals surface area contributed by atoms with Gasteiger partial charge in [-0.1, -0.05) is 26.3 Å². The van der Waals surface area contributed by atoms with Crippen LogP contribution in [-0.2, 0) is 13.6 Å². The molecule has 4 aromatic heterocycles. The molecule has 2 aliphatic rings. The summed E-state index contributed by atoms with van der Waals surface area (Å²) in [5, 5.41) is 19.0. The summed E-state index contributed by atoms with van der Waals surface area (Å²) in [5.41, 5.74) is 6.80. The average Bonchev–Trinajstić information content (AvgIpc) is 3.64. The van der Waals surface area contributed by atoms with Gasteiger partial charge in [-0.05, 0) is 98.6 Å². The van der Waals surface area contributed by atoms with Crippen molar-refractivity contribution in [3.05, 3.63) is 81.8 Å². The summed E-state index contributed by atoms with van der Waals surface area (Å²) in [4.78, 5) is 24.8. The Hall–Kier alpha value is -4.55. The lowest BCUT2D eigenvalue weighted by molar-refractivity contribution is 0.219. The molecule has 1 saturated heterocycles. The van der Waals surface area contributed by atoms with E-state index >= 15 is 0 Å². The number of pyridine rings is 2. The van der Waals surface area contributed by atoms with E-state index in [2.05, 4.69) is 32.2 Å². The lowest BCUT2D eigenvalue weighted by Gasteiger charge is -2.25. The Morgan fingerprint density at radius 3 is 2.53 bits per heavy atom. The lowest BCUT2D eigenvalue weighted by atomic mass is 9.97. The van der Waals surface area contributed by atoms with Crippen LogP contribution in [0.1, 0.15) is 74.4 Å². The van der Waals surface area contributed by atoms with Crippen LogP contribution in [0.4, 0.5) is 0 Å². The summed E-state index contributed by atoms with van der Waals surface area (Å²) in [6, 6.07) is 13.9. The second-order valence-corrected chi connectivity index (χ2v) is 11.4. The van der Waals surface area contributed by atoms with Crippen molar-refractivity contribution in [1.29, 1.82) is 5.26 Å². The number of piperidine rings is 1. The monoisotopic (exact) mass is 574 g/mol. The average molecular weight is 575 g/mol. The first-order valence-corrected chi connectivity index (χ1v) is 15.4. The maximum absolute atomic E-state index is 14.0.